The third-order valence-electron chi connectivity index (χ3n) is 5.76. The molecule has 1 fully saturated rings. The maximum absolute atomic E-state index is 13.3. The lowest BCUT2D eigenvalue weighted by Crippen LogP contribution is -2.29. The molecule has 190 valence electrons. The fourth-order valence-corrected chi connectivity index (χ4v) is 4.29. The van der Waals surface area contributed by atoms with Crippen LogP contribution >= 0.6 is 11.6 Å². The van der Waals surface area contributed by atoms with Gasteiger partial charge in [0.2, 0.25) is 0 Å². The molecular formula is C28H24ClNO7. The monoisotopic (exact) mass is 521 g/mol. The highest BCUT2D eigenvalue weighted by molar-refractivity contribution is 6.51. The first kappa shape index (κ1) is 25.8. The van der Waals surface area contributed by atoms with Crippen molar-refractivity contribution in [3.8, 4) is 17.2 Å². The summed E-state index contributed by atoms with van der Waals surface area (Å²) in [5.74, 6) is -1.30. The van der Waals surface area contributed by atoms with E-state index in [-0.39, 0.29) is 16.9 Å². The first-order chi connectivity index (χ1) is 17.7. The third-order valence-corrected chi connectivity index (χ3v) is 6.07. The van der Waals surface area contributed by atoms with Gasteiger partial charge in [-0.25, -0.2) is 0 Å². The van der Waals surface area contributed by atoms with Crippen molar-refractivity contribution in [2.24, 2.45) is 0 Å². The molecule has 1 N–H and O–H groups in total. The zero-order valence-corrected chi connectivity index (χ0v) is 21.1. The Morgan fingerprint density at radius 3 is 2.24 bits per heavy atom. The number of benzene rings is 3. The van der Waals surface area contributed by atoms with Crippen LogP contribution in [0.4, 0.5) is 5.69 Å². The number of carbonyl (C=O) groups is 3. The van der Waals surface area contributed by atoms with Crippen LogP contribution in [0.15, 0.2) is 72.3 Å². The second-order valence-electron chi connectivity index (χ2n) is 8.11. The largest absolute Gasteiger partial charge is 0.507 e. The number of esters is 1. The molecule has 3 aromatic carbocycles. The normalized spacial score (nSPS) is 16.5. The minimum atomic E-state index is -0.967. The number of anilines is 1. The van der Waals surface area contributed by atoms with Gasteiger partial charge < -0.3 is 19.3 Å². The summed E-state index contributed by atoms with van der Waals surface area (Å²) in [4.78, 5) is 39.3. The molecule has 37 heavy (non-hydrogen) atoms. The molecule has 3 aromatic rings. The molecule has 0 spiro atoms. The number of carbonyl (C=O) groups excluding carboxylic acids is 3. The van der Waals surface area contributed by atoms with Crippen LogP contribution < -0.4 is 19.1 Å². The Bertz CT molecular complexity index is 1380. The van der Waals surface area contributed by atoms with Gasteiger partial charge in [0.1, 0.15) is 23.0 Å². The lowest BCUT2D eigenvalue weighted by molar-refractivity contribution is -0.132. The molecule has 1 heterocycles. The number of aliphatic hydroxyl groups excluding tert-OH is 1. The fraction of sp³-hybridized carbons (Fsp3) is 0.179. The summed E-state index contributed by atoms with van der Waals surface area (Å²) in [6, 6.07) is 16.7. The van der Waals surface area contributed by atoms with Crippen molar-refractivity contribution in [3.63, 3.8) is 0 Å². The molecule has 1 saturated heterocycles. The predicted molar refractivity (Wildman–Crippen MR) is 138 cm³/mol. The van der Waals surface area contributed by atoms with E-state index in [0.29, 0.717) is 40.1 Å². The molecule has 1 aliphatic heterocycles. The van der Waals surface area contributed by atoms with Crippen LogP contribution in [0.1, 0.15) is 31.0 Å². The number of ketones is 1. The summed E-state index contributed by atoms with van der Waals surface area (Å²) in [5.41, 5.74) is 1.11. The first-order valence-corrected chi connectivity index (χ1v) is 11.8. The number of ether oxygens (including phenoxy) is 3. The van der Waals surface area contributed by atoms with Gasteiger partial charge in [0.15, 0.2) is 0 Å². The second-order valence-corrected chi connectivity index (χ2v) is 8.52. The van der Waals surface area contributed by atoms with Crippen LogP contribution in [0, 0.1) is 0 Å². The van der Waals surface area contributed by atoms with E-state index in [2.05, 4.69) is 0 Å². The summed E-state index contributed by atoms with van der Waals surface area (Å²) < 4.78 is 15.8. The van der Waals surface area contributed by atoms with Crippen molar-refractivity contribution < 1.29 is 33.7 Å². The van der Waals surface area contributed by atoms with Gasteiger partial charge in [0.25, 0.3) is 11.7 Å². The number of halogens is 1. The van der Waals surface area contributed by atoms with Crippen LogP contribution in [0.2, 0.25) is 5.02 Å². The SMILES string of the molecule is CCOc1cc(/C(O)=C2/C(=O)C(=O)N(c3ccc(OC)cc3)C2c2ccc(OC(C)=O)cc2)ccc1Cl. The van der Waals surface area contributed by atoms with E-state index in [0.717, 1.165) is 0 Å². The van der Waals surface area contributed by atoms with E-state index in [1.807, 2.05) is 0 Å². The van der Waals surface area contributed by atoms with Gasteiger partial charge >= 0.3 is 5.97 Å². The van der Waals surface area contributed by atoms with E-state index in [4.69, 9.17) is 25.8 Å². The Labute approximate surface area is 218 Å². The van der Waals surface area contributed by atoms with Crippen LogP contribution in [0.3, 0.4) is 0 Å². The lowest BCUT2D eigenvalue weighted by Gasteiger charge is -2.25. The lowest BCUT2D eigenvalue weighted by atomic mass is 9.95. The van der Waals surface area contributed by atoms with Crippen LogP contribution in [0.25, 0.3) is 5.76 Å². The first-order valence-electron chi connectivity index (χ1n) is 11.4. The Balaban J connectivity index is 1.89. The van der Waals surface area contributed by atoms with Gasteiger partial charge in [-0.2, -0.15) is 0 Å². The zero-order chi connectivity index (χ0) is 26.7. The standard InChI is InChI=1S/C28H24ClNO7/c1-4-36-23-15-18(7-14-22(23)29)26(32)24-25(17-5-10-21(11-6-17)37-16(2)31)30(28(34)27(24)33)19-8-12-20(35-3)13-9-19/h5-15,25,32H,4H2,1-3H3/b26-24-. The van der Waals surface area contributed by atoms with Crippen LogP contribution in [0.5, 0.6) is 17.2 Å². The molecule has 0 bridgehead atoms. The van der Waals surface area contributed by atoms with Crippen molar-refractivity contribution in [1.29, 1.82) is 0 Å². The number of methoxy groups -OCH3 is 1. The molecule has 1 unspecified atom stereocenters. The summed E-state index contributed by atoms with van der Waals surface area (Å²) in [6.45, 7) is 3.43. The molecule has 1 aliphatic rings. The van der Waals surface area contributed by atoms with E-state index >= 15 is 0 Å². The van der Waals surface area contributed by atoms with Crippen molar-refractivity contribution in [2.45, 2.75) is 19.9 Å². The van der Waals surface area contributed by atoms with Gasteiger partial charge in [0.05, 0.1) is 30.4 Å². The van der Waals surface area contributed by atoms with Crippen LogP contribution in [-0.2, 0) is 14.4 Å². The molecule has 0 aliphatic carbocycles. The quantitative estimate of drug-likeness (QED) is 0.148. The highest BCUT2D eigenvalue weighted by Gasteiger charge is 2.47. The maximum atomic E-state index is 13.3. The van der Waals surface area contributed by atoms with Gasteiger partial charge in [-0.3, -0.25) is 19.3 Å². The van der Waals surface area contributed by atoms with Crippen molar-refractivity contribution >= 4 is 40.7 Å². The molecular weight excluding hydrogens is 498 g/mol. The Kier molecular flexibility index (Phi) is 7.50. The van der Waals surface area contributed by atoms with Gasteiger partial charge in [-0.15, -0.1) is 0 Å². The van der Waals surface area contributed by atoms with E-state index in [1.165, 1.54) is 25.0 Å². The molecule has 0 radical (unpaired) electrons. The molecule has 4 rings (SSSR count). The number of nitrogens with zero attached hydrogens (tertiary/aromatic N) is 1. The zero-order valence-electron chi connectivity index (χ0n) is 20.4. The highest BCUT2D eigenvalue weighted by atomic mass is 35.5. The van der Waals surface area contributed by atoms with Crippen molar-refractivity contribution in [3.05, 3.63) is 88.5 Å². The Morgan fingerprint density at radius 2 is 1.65 bits per heavy atom. The molecule has 1 amide bonds. The minimum Gasteiger partial charge on any atom is -0.507 e. The summed E-state index contributed by atoms with van der Waals surface area (Å²) in [7, 11) is 1.52. The minimum absolute atomic E-state index is 0.106. The summed E-state index contributed by atoms with van der Waals surface area (Å²) >= 11 is 6.20. The average Bonchev–Trinajstić information content (AvgIpc) is 3.15. The molecule has 0 aromatic heterocycles. The number of rotatable bonds is 7. The summed E-state index contributed by atoms with van der Waals surface area (Å²) in [5, 5.41) is 11.7. The Hall–Kier alpha value is -4.30. The predicted octanol–water partition coefficient (Wildman–Crippen LogP) is 5.30. The highest BCUT2D eigenvalue weighted by Crippen LogP contribution is 2.43. The molecule has 1 atom stereocenters. The number of Topliss-reactive ketones (excluding diaryl/α,β-unsaturated/α-hetero) is 1. The smallest absolute Gasteiger partial charge is 0.308 e. The fourth-order valence-electron chi connectivity index (χ4n) is 4.11. The molecule has 0 saturated carbocycles. The average molecular weight is 522 g/mol. The van der Waals surface area contributed by atoms with Crippen molar-refractivity contribution in [2.75, 3.05) is 18.6 Å². The van der Waals surface area contributed by atoms with Gasteiger partial charge in [0, 0.05) is 18.2 Å². The van der Waals surface area contributed by atoms with Crippen LogP contribution in [-0.4, -0.2) is 36.5 Å². The van der Waals surface area contributed by atoms with E-state index < -0.39 is 23.7 Å². The van der Waals surface area contributed by atoms with E-state index in [1.54, 1.807) is 67.6 Å². The third kappa shape index (κ3) is 5.15. The van der Waals surface area contributed by atoms with E-state index in [9.17, 15) is 19.5 Å². The van der Waals surface area contributed by atoms with Crippen molar-refractivity contribution in [1.82, 2.24) is 0 Å². The van der Waals surface area contributed by atoms with Gasteiger partial charge in [-0.05, 0) is 67.1 Å². The molecule has 9 heteroatoms. The number of hydrogen-bond donors (Lipinski definition) is 1. The van der Waals surface area contributed by atoms with Gasteiger partial charge in [-0.1, -0.05) is 23.7 Å². The summed E-state index contributed by atoms with van der Waals surface area (Å²) in [6.07, 6.45) is 0. The maximum Gasteiger partial charge on any atom is 0.308 e. The number of amides is 1. The Morgan fingerprint density at radius 1 is 1.00 bits per heavy atom. The second kappa shape index (κ2) is 10.8. The number of aliphatic hydroxyl groups is 1. The number of hydrogen-bond acceptors (Lipinski definition) is 7. The topological polar surface area (TPSA) is 102 Å². The molecule has 8 nitrogen and oxygen atoms in total.